The van der Waals surface area contributed by atoms with Crippen molar-refractivity contribution in [2.45, 2.75) is 0 Å². The molecule has 2 N–H and O–H groups in total. The number of hydrogen-bond acceptors (Lipinski definition) is 5. The molecule has 0 fully saturated rings. The smallest absolute Gasteiger partial charge is 0.160 e. The van der Waals surface area contributed by atoms with Crippen LogP contribution in [0.5, 0.6) is 0 Å². The molecule has 0 saturated heterocycles. The van der Waals surface area contributed by atoms with Crippen LogP contribution in [-0.4, -0.2) is 48.2 Å². The standard InChI is InChI=1S/C7H15NO5/c1-2-3-8(11,12-6-4-9)13-7-5-10/h2,9-10H,1,3-7H2. The normalized spacial score (nSPS) is 11.6. The van der Waals surface area contributed by atoms with Gasteiger partial charge in [0.15, 0.2) is 6.54 Å². The van der Waals surface area contributed by atoms with Gasteiger partial charge in [-0.3, -0.25) is 0 Å². The fourth-order valence-corrected chi connectivity index (χ4v) is 0.661. The van der Waals surface area contributed by atoms with Crippen molar-refractivity contribution >= 4 is 0 Å². The Morgan fingerprint density at radius 2 is 1.69 bits per heavy atom. The van der Waals surface area contributed by atoms with Crippen molar-refractivity contribution in [3.63, 3.8) is 0 Å². The minimum atomic E-state index is -1.38. The molecular weight excluding hydrogens is 178 g/mol. The van der Waals surface area contributed by atoms with Crippen molar-refractivity contribution in [3.8, 4) is 0 Å². The van der Waals surface area contributed by atoms with E-state index in [1.165, 1.54) is 6.08 Å². The summed E-state index contributed by atoms with van der Waals surface area (Å²) in [5, 5.41) is 28.3. The minimum Gasteiger partial charge on any atom is -0.564 e. The molecule has 0 aromatic carbocycles. The molecule has 0 radical (unpaired) electrons. The van der Waals surface area contributed by atoms with E-state index in [0.717, 1.165) is 0 Å². The molecule has 0 rings (SSSR count). The molecule has 0 saturated carbocycles. The van der Waals surface area contributed by atoms with Crippen LogP contribution >= 0.6 is 0 Å². The first kappa shape index (κ1) is 12.5. The second-order valence-corrected chi connectivity index (χ2v) is 2.20. The van der Waals surface area contributed by atoms with Crippen LogP contribution in [0.4, 0.5) is 0 Å². The zero-order valence-electron chi connectivity index (χ0n) is 7.39. The highest BCUT2D eigenvalue weighted by molar-refractivity contribution is 4.63. The average Bonchev–Trinajstić information content (AvgIpc) is 2.12. The van der Waals surface area contributed by atoms with Crippen molar-refractivity contribution in [2.75, 3.05) is 33.0 Å². The molecule has 13 heavy (non-hydrogen) atoms. The molecule has 0 spiro atoms. The molecule has 0 aliphatic heterocycles. The molecule has 0 aliphatic carbocycles. The highest BCUT2D eigenvalue weighted by Gasteiger charge is 2.18. The zero-order chi connectivity index (χ0) is 10.2. The van der Waals surface area contributed by atoms with E-state index in [9.17, 15) is 5.21 Å². The molecule has 0 aromatic heterocycles. The monoisotopic (exact) mass is 193 g/mol. The first-order valence-corrected chi connectivity index (χ1v) is 3.89. The summed E-state index contributed by atoms with van der Waals surface area (Å²) in [6.45, 7) is 2.50. The van der Waals surface area contributed by atoms with Crippen molar-refractivity contribution in [3.05, 3.63) is 17.9 Å². The lowest BCUT2D eigenvalue weighted by molar-refractivity contribution is -1.21. The highest BCUT2D eigenvalue weighted by atomic mass is 17.2. The van der Waals surface area contributed by atoms with Crippen LogP contribution in [0.25, 0.3) is 0 Å². The van der Waals surface area contributed by atoms with Gasteiger partial charge in [0.25, 0.3) is 0 Å². The maximum atomic E-state index is 11.4. The second kappa shape index (κ2) is 6.96. The first-order chi connectivity index (χ1) is 6.18. The molecule has 0 bridgehead atoms. The third kappa shape index (κ3) is 5.69. The summed E-state index contributed by atoms with van der Waals surface area (Å²) in [5.41, 5.74) is 0. The highest BCUT2D eigenvalue weighted by Crippen LogP contribution is 2.06. The quantitative estimate of drug-likeness (QED) is 0.303. The van der Waals surface area contributed by atoms with E-state index in [1.54, 1.807) is 0 Å². The number of nitrogens with zero attached hydrogens (tertiary/aromatic N) is 1. The Labute approximate surface area is 76.7 Å². The fraction of sp³-hybridized carbons (Fsp3) is 0.714. The largest absolute Gasteiger partial charge is 0.564 e. The van der Waals surface area contributed by atoms with Gasteiger partial charge in [-0.05, 0) is 6.08 Å². The van der Waals surface area contributed by atoms with E-state index in [-0.39, 0.29) is 33.0 Å². The third-order valence-corrected chi connectivity index (χ3v) is 1.11. The van der Waals surface area contributed by atoms with Crippen LogP contribution in [0.15, 0.2) is 12.7 Å². The van der Waals surface area contributed by atoms with Gasteiger partial charge in [0.05, 0.1) is 13.2 Å². The molecule has 6 nitrogen and oxygen atoms in total. The van der Waals surface area contributed by atoms with E-state index in [1.807, 2.05) is 0 Å². The molecular formula is C7H15NO5. The Hall–Kier alpha value is -0.500. The molecule has 0 amide bonds. The van der Waals surface area contributed by atoms with Gasteiger partial charge in [-0.1, -0.05) is 11.6 Å². The number of hydroxylamine groups is 3. The van der Waals surface area contributed by atoms with Gasteiger partial charge in [-0.2, -0.15) is 9.68 Å². The van der Waals surface area contributed by atoms with Gasteiger partial charge in [0.2, 0.25) is 0 Å². The molecule has 0 aliphatic rings. The summed E-state index contributed by atoms with van der Waals surface area (Å²) in [6, 6.07) is 0. The van der Waals surface area contributed by atoms with E-state index >= 15 is 0 Å². The fourth-order valence-electron chi connectivity index (χ4n) is 0.661. The van der Waals surface area contributed by atoms with Gasteiger partial charge in [-0.15, -0.1) is 0 Å². The van der Waals surface area contributed by atoms with E-state index in [0.29, 0.717) is 0 Å². The van der Waals surface area contributed by atoms with Gasteiger partial charge in [-0.25, -0.2) is 0 Å². The lowest BCUT2D eigenvalue weighted by Crippen LogP contribution is -2.43. The number of aliphatic hydroxyl groups is 2. The molecule has 0 aromatic rings. The Bertz CT molecular complexity index is 133. The summed E-state index contributed by atoms with van der Waals surface area (Å²) >= 11 is 0. The number of aliphatic hydroxyl groups excluding tert-OH is 2. The zero-order valence-corrected chi connectivity index (χ0v) is 7.39. The minimum absolute atomic E-state index is 0.0972. The maximum Gasteiger partial charge on any atom is 0.160 e. The Morgan fingerprint density at radius 1 is 1.23 bits per heavy atom. The summed E-state index contributed by atoms with van der Waals surface area (Å²) in [7, 11) is 0. The van der Waals surface area contributed by atoms with Crippen LogP contribution < -0.4 is 0 Å². The third-order valence-electron chi connectivity index (χ3n) is 1.11. The van der Waals surface area contributed by atoms with Crippen LogP contribution in [0.1, 0.15) is 0 Å². The topological polar surface area (TPSA) is 82.0 Å². The number of hydrogen-bond donors (Lipinski definition) is 2. The van der Waals surface area contributed by atoms with E-state index in [2.05, 4.69) is 16.3 Å². The van der Waals surface area contributed by atoms with Crippen molar-refractivity contribution in [2.24, 2.45) is 0 Å². The summed E-state index contributed by atoms with van der Waals surface area (Å²) in [4.78, 5) is 7.91. The van der Waals surface area contributed by atoms with Crippen molar-refractivity contribution in [1.29, 1.82) is 0 Å². The van der Waals surface area contributed by atoms with Crippen molar-refractivity contribution < 1.29 is 24.9 Å². The summed E-state index contributed by atoms with van der Waals surface area (Å²) in [6.07, 6.45) is 1.34. The van der Waals surface area contributed by atoms with E-state index < -0.39 is 4.97 Å². The van der Waals surface area contributed by atoms with Crippen LogP contribution in [0.3, 0.4) is 0 Å². The number of rotatable bonds is 8. The van der Waals surface area contributed by atoms with Crippen LogP contribution in [0, 0.1) is 5.21 Å². The average molecular weight is 193 g/mol. The predicted molar refractivity (Wildman–Crippen MR) is 44.8 cm³/mol. The lowest BCUT2D eigenvalue weighted by Gasteiger charge is -2.33. The second-order valence-electron chi connectivity index (χ2n) is 2.20. The summed E-state index contributed by atoms with van der Waals surface area (Å²) in [5.74, 6) is 0. The van der Waals surface area contributed by atoms with Gasteiger partial charge in [0, 0.05) is 0 Å². The van der Waals surface area contributed by atoms with Gasteiger partial charge < -0.3 is 15.4 Å². The Balaban J connectivity index is 3.90. The van der Waals surface area contributed by atoms with E-state index in [4.69, 9.17) is 10.2 Å². The van der Waals surface area contributed by atoms with Crippen molar-refractivity contribution in [1.82, 2.24) is 0 Å². The first-order valence-electron chi connectivity index (χ1n) is 3.89. The Kier molecular flexibility index (Phi) is 6.69. The Morgan fingerprint density at radius 3 is 2.00 bits per heavy atom. The molecule has 6 heteroatoms. The SMILES string of the molecule is C=CC[N+]([O-])(OCCO)OCCO. The maximum absolute atomic E-state index is 11.4. The molecule has 0 unspecified atom stereocenters. The lowest BCUT2D eigenvalue weighted by atomic mass is 10.6. The van der Waals surface area contributed by atoms with Gasteiger partial charge in [0.1, 0.15) is 13.2 Å². The van der Waals surface area contributed by atoms with Gasteiger partial charge >= 0.3 is 0 Å². The molecule has 0 heterocycles. The van der Waals surface area contributed by atoms with Crippen LogP contribution in [-0.2, 0) is 9.68 Å². The molecule has 0 atom stereocenters. The predicted octanol–water partition coefficient (Wildman–Crippen LogP) is -0.665. The number of quaternary nitrogens is 1. The summed E-state index contributed by atoms with van der Waals surface area (Å²) < 4.78 is 0. The van der Waals surface area contributed by atoms with Crippen LogP contribution in [0.2, 0.25) is 0 Å². The molecule has 78 valence electrons.